The van der Waals surface area contributed by atoms with Crippen LogP contribution in [-0.2, 0) is 6.61 Å². The van der Waals surface area contributed by atoms with E-state index in [0.29, 0.717) is 38.9 Å². The highest BCUT2D eigenvalue weighted by atomic mass is 79.9. The molecule has 5 aromatic carbocycles. The summed E-state index contributed by atoms with van der Waals surface area (Å²) < 4.78 is 45.3. The molecule has 0 amide bonds. The first kappa shape index (κ1) is 46.6. The molecule has 0 aliphatic carbocycles. The first-order chi connectivity index (χ1) is 25.4. The lowest BCUT2D eigenvalue weighted by atomic mass is 10.0. The summed E-state index contributed by atoms with van der Waals surface area (Å²) in [6.45, 7) is 15.9. The molecule has 11 heteroatoms. The Kier molecular flexibility index (Phi) is 19.6. The first-order valence-electron chi connectivity index (χ1n) is 17.3. The van der Waals surface area contributed by atoms with E-state index in [9.17, 15) is 23.3 Å². The van der Waals surface area contributed by atoms with E-state index < -0.39 is 11.6 Å². The summed E-state index contributed by atoms with van der Waals surface area (Å²) in [4.78, 5) is 10.3. The van der Waals surface area contributed by atoms with Crippen molar-refractivity contribution in [2.75, 3.05) is 0 Å². The molecular weight excluding hydrogens is 822 g/mol. The fourth-order valence-electron chi connectivity index (χ4n) is 5.32. The van der Waals surface area contributed by atoms with E-state index in [-0.39, 0.29) is 39.7 Å². The zero-order valence-corrected chi connectivity index (χ0v) is 35.4. The van der Waals surface area contributed by atoms with Crippen LogP contribution in [0.4, 0.5) is 18.9 Å². The van der Waals surface area contributed by atoms with Crippen LogP contribution in [0, 0.1) is 27.6 Å². The third-order valence-electron chi connectivity index (χ3n) is 7.84. The number of rotatable bonds is 8. The molecule has 54 heavy (non-hydrogen) atoms. The Morgan fingerprint density at radius 1 is 0.593 bits per heavy atom. The number of hydrogen-bond donors (Lipinski definition) is 0. The zero-order valence-electron chi connectivity index (χ0n) is 31.6. The first-order valence-corrected chi connectivity index (χ1v) is 19.3. The van der Waals surface area contributed by atoms with Crippen LogP contribution in [0.2, 0.25) is 15.1 Å². The van der Waals surface area contributed by atoms with Crippen molar-refractivity contribution in [3.63, 3.8) is 0 Å². The molecule has 290 valence electrons. The molecular formula is C43H46BrCl3F3NO3. The van der Waals surface area contributed by atoms with E-state index in [1.165, 1.54) is 30.3 Å². The van der Waals surface area contributed by atoms with Gasteiger partial charge in [0, 0.05) is 42.3 Å². The van der Waals surface area contributed by atoms with Gasteiger partial charge >= 0.3 is 0 Å². The Hall–Kier alpha value is -3.56. The summed E-state index contributed by atoms with van der Waals surface area (Å²) in [5.74, 6) is 0.0507. The number of nitro groups is 1. The smallest absolute Gasteiger partial charge is 0.273 e. The van der Waals surface area contributed by atoms with Crippen molar-refractivity contribution < 1.29 is 22.8 Å². The lowest BCUT2D eigenvalue weighted by molar-refractivity contribution is -0.385. The topological polar surface area (TPSA) is 52.4 Å². The van der Waals surface area contributed by atoms with Gasteiger partial charge in [0.05, 0.1) is 4.92 Å². The Morgan fingerprint density at radius 3 is 1.43 bits per heavy atom. The molecule has 0 fully saturated rings. The maximum absolute atomic E-state index is 13.0. The molecule has 0 N–H and O–H groups in total. The molecule has 5 aromatic rings. The van der Waals surface area contributed by atoms with Gasteiger partial charge in [-0.1, -0.05) is 155 Å². The summed E-state index contributed by atoms with van der Waals surface area (Å²) >= 11 is 21.6. The lowest BCUT2D eigenvalue weighted by Gasteiger charge is -2.13. The average Bonchev–Trinajstić information content (AvgIpc) is 3.07. The maximum atomic E-state index is 13.0. The van der Waals surface area contributed by atoms with E-state index in [2.05, 4.69) is 29.8 Å². The van der Waals surface area contributed by atoms with Gasteiger partial charge in [-0.25, -0.2) is 13.2 Å². The van der Waals surface area contributed by atoms with Crippen molar-refractivity contribution in [1.29, 1.82) is 0 Å². The third-order valence-corrected chi connectivity index (χ3v) is 9.48. The second-order valence-electron chi connectivity index (χ2n) is 13.4. The van der Waals surface area contributed by atoms with E-state index in [4.69, 9.17) is 39.5 Å². The zero-order chi connectivity index (χ0) is 40.7. The van der Waals surface area contributed by atoms with E-state index in [0.717, 1.165) is 21.2 Å². The van der Waals surface area contributed by atoms with Crippen LogP contribution >= 0.6 is 50.7 Å². The minimum absolute atomic E-state index is 0.101. The van der Waals surface area contributed by atoms with Crippen LogP contribution in [-0.4, -0.2) is 4.92 Å². The average molecular weight is 868 g/mol. The van der Waals surface area contributed by atoms with E-state index in [1.807, 2.05) is 76.2 Å². The normalized spacial score (nSPS) is 10.6. The molecule has 0 saturated carbocycles. The molecule has 0 spiro atoms. The molecule has 0 radical (unpaired) electrons. The van der Waals surface area contributed by atoms with Crippen LogP contribution in [0.5, 0.6) is 5.75 Å². The number of halogens is 7. The van der Waals surface area contributed by atoms with E-state index in [1.54, 1.807) is 32.0 Å². The van der Waals surface area contributed by atoms with Crippen molar-refractivity contribution in [3.8, 4) is 5.75 Å². The van der Waals surface area contributed by atoms with E-state index >= 15 is 0 Å². The Bertz CT molecular complexity index is 1840. The molecule has 0 bridgehead atoms. The molecule has 0 atom stereocenters. The quantitative estimate of drug-likeness (QED) is 0.115. The van der Waals surface area contributed by atoms with Crippen molar-refractivity contribution in [1.82, 2.24) is 0 Å². The second-order valence-corrected chi connectivity index (χ2v) is 15.5. The highest BCUT2D eigenvalue weighted by Crippen LogP contribution is 2.36. The van der Waals surface area contributed by atoms with Gasteiger partial charge in [-0.3, -0.25) is 10.1 Å². The Labute approximate surface area is 340 Å². The molecule has 5 rings (SSSR count). The van der Waals surface area contributed by atoms with Gasteiger partial charge in [-0.2, -0.15) is 0 Å². The van der Waals surface area contributed by atoms with Gasteiger partial charge in [0.15, 0.2) is 0 Å². The largest absolute Gasteiger partial charge is 0.489 e. The number of benzene rings is 5. The van der Waals surface area contributed by atoms with Gasteiger partial charge in [-0.15, -0.1) is 0 Å². The highest BCUT2D eigenvalue weighted by Gasteiger charge is 2.18. The number of ether oxygens (including phenoxy) is 1. The minimum Gasteiger partial charge on any atom is -0.489 e. The molecule has 0 unspecified atom stereocenters. The monoisotopic (exact) mass is 865 g/mol. The molecule has 4 nitrogen and oxygen atoms in total. The number of nitrogens with zero attached hydrogens (tertiary/aromatic N) is 1. The number of nitro benzene ring substituents is 1. The summed E-state index contributed by atoms with van der Waals surface area (Å²) in [5, 5.41) is 12.5. The van der Waals surface area contributed by atoms with Crippen molar-refractivity contribution >= 4 is 56.4 Å². The molecule has 0 saturated heterocycles. The van der Waals surface area contributed by atoms with Crippen LogP contribution in [0.15, 0.2) is 102 Å². The van der Waals surface area contributed by atoms with Gasteiger partial charge in [0.25, 0.3) is 5.69 Å². The van der Waals surface area contributed by atoms with Gasteiger partial charge < -0.3 is 4.74 Å². The van der Waals surface area contributed by atoms with Gasteiger partial charge in [-0.05, 0) is 77.3 Å². The molecule has 0 aliphatic heterocycles. The fraction of sp³-hybridized carbons (Fsp3) is 0.302. The Balaban J connectivity index is 0.000000257. The van der Waals surface area contributed by atoms with Gasteiger partial charge in [0.1, 0.15) is 29.8 Å². The molecule has 0 aliphatic rings. The van der Waals surface area contributed by atoms with Crippen molar-refractivity contribution in [3.05, 3.63) is 172 Å². The van der Waals surface area contributed by atoms with Crippen LogP contribution < -0.4 is 4.74 Å². The second kappa shape index (κ2) is 22.7. The van der Waals surface area contributed by atoms with Crippen molar-refractivity contribution in [2.45, 2.75) is 85.7 Å². The molecule has 0 heterocycles. The standard InChI is InChI=1S/C16H16Cl2O.C9H10BrNO2.C9H10ClF.C9H10F2/c1-11(2)16-14(17)8-13(9-15(16)18)19-10-12-6-4-3-5-7-12;1-6(2)9-7(10)4-3-5-8(9)11(12)13;2*1-6(2)9-7(10)4-3-5-8(9)11/h3-9,11H,10H2,1-2H3;3-6H,1-2H3;2*3-6H,1-2H3. The van der Waals surface area contributed by atoms with Crippen molar-refractivity contribution in [2.24, 2.45) is 0 Å². The summed E-state index contributed by atoms with van der Waals surface area (Å²) in [6.07, 6.45) is 0. The van der Waals surface area contributed by atoms with Crippen LogP contribution in [0.3, 0.4) is 0 Å². The van der Waals surface area contributed by atoms with Gasteiger partial charge in [0.2, 0.25) is 0 Å². The fourth-order valence-corrected chi connectivity index (χ4v) is 7.42. The predicted molar refractivity (Wildman–Crippen MR) is 222 cm³/mol. The van der Waals surface area contributed by atoms with Crippen LogP contribution in [0.1, 0.15) is 107 Å². The lowest BCUT2D eigenvalue weighted by Crippen LogP contribution is -1.97. The van der Waals surface area contributed by atoms with Crippen LogP contribution in [0.25, 0.3) is 0 Å². The SMILES string of the molecule is CC(C)c1c(Br)cccc1[N+](=O)[O-].CC(C)c1c(Cl)cc(OCc2ccccc2)cc1Cl.CC(C)c1c(F)cccc1Cl.CC(C)c1c(F)cccc1F. The number of hydrogen-bond acceptors (Lipinski definition) is 3. The maximum Gasteiger partial charge on any atom is 0.273 e. The third kappa shape index (κ3) is 14.3. The summed E-state index contributed by atoms with van der Waals surface area (Å²) in [5.41, 5.74) is 3.80. The summed E-state index contributed by atoms with van der Waals surface area (Å²) in [6, 6.07) is 27.3. The Morgan fingerprint density at radius 2 is 1.04 bits per heavy atom. The highest BCUT2D eigenvalue weighted by molar-refractivity contribution is 9.10. The summed E-state index contributed by atoms with van der Waals surface area (Å²) in [7, 11) is 0. The molecule has 0 aromatic heterocycles. The minimum atomic E-state index is -0.458. The predicted octanol–water partition coefficient (Wildman–Crippen LogP) is 15.9.